The molecule has 1 saturated heterocycles. The summed E-state index contributed by atoms with van der Waals surface area (Å²) < 4.78 is 10.6. The van der Waals surface area contributed by atoms with Crippen molar-refractivity contribution in [2.24, 2.45) is 0 Å². The summed E-state index contributed by atoms with van der Waals surface area (Å²) in [4.78, 5) is 13.9. The summed E-state index contributed by atoms with van der Waals surface area (Å²) in [5.74, 6) is 0.673. The molecule has 0 atom stereocenters. The molecule has 0 unspecified atom stereocenters. The van der Waals surface area contributed by atoms with Crippen molar-refractivity contribution >= 4 is 11.7 Å². The van der Waals surface area contributed by atoms with Gasteiger partial charge in [0.05, 0.1) is 13.2 Å². The SMILES string of the molecule is CCOC(=O)CCCOc1ccc(NC2CCN(CCc3ccccc3)CC2)cc1. The zero-order valence-electron chi connectivity index (χ0n) is 18.0. The fourth-order valence-electron chi connectivity index (χ4n) is 3.76. The van der Waals surface area contributed by atoms with Crippen LogP contribution in [0, 0.1) is 0 Å². The van der Waals surface area contributed by atoms with E-state index in [4.69, 9.17) is 9.47 Å². The lowest BCUT2D eigenvalue weighted by Gasteiger charge is -2.33. The van der Waals surface area contributed by atoms with Crippen molar-refractivity contribution < 1.29 is 14.3 Å². The van der Waals surface area contributed by atoms with Gasteiger partial charge in [0.2, 0.25) is 0 Å². The Bertz CT molecular complexity index is 741. The average molecular weight is 411 g/mol. The number of rotatable bonds is 11. The first-order valence-corrected chi connectivity index (χ1v) is 11.1. The van der Waals surface area contributed by atoms with E-state index < -0.39 is 0 Å². The van der Waals surface area contributed by atoms with Crippen LogP contribution < -0.4 is 10.1 Å². The van der Waals surface area contributed by atoms with Crippen molar-refractivity contribution in [3.05, 3.63) is 60.2 Å². The van der Waals surface area contributed by atoms with E-state index in [1.54, 1.807) is 0 Å². The molecule has 0 amide bonds. The third-order valence-electron chi connectivity index (χ3n) is 5.47. The van der Waals surface area contributed by atoms with E-state index in [0.717, 1.165) is 37.5 Å². The second-order valence-electron chi connectivity index (χ2n) is 7.78. The molecule has 0 spiro atoms. The molecule has 5 nitrogen and oxygen atoms in total. The van der Waals surface area contributed by atoms with Gasteiger partial charge < -0.3 is 19.7 Å². The van der Waals surface area contributed by atoms with Gasteiger partial charge in [-0.25, -0.2) is 0 Å². The number of carbonyl (C=O) groups is 1. The van der Waals surface area contributed by atoms with Crippen molar-refractivity contribution in [3.8, 4) is 5.75 Å². The maximum Gasteiger partial charge on any atom is 0.305 e. The minimum atomic E-state index is -0.160. The number of hydrogen-bond donors (Lipinski definition) is 1. The highest BCUT2D eigenvalue weighted by atomic mass is 16.5. The average Bonchev–Trinajstić information content (AvgIpc) is 2.78. The summed E-state index contributed by atoms with van der Waals surface area (Å²) >= 11 is 0. The highest BCUT2D eigenvalue weighted by Crippen LogP contribution is 2.20. The molecule has 0 saturated carbocycles. The largest absolute Gasteiger partial charge is 0.494 e. The Labute approximate surface area is 180 Å². The summed E-state index contributed by atoms with van der Waals surface area (Å²) in [5.41, 5.74) is 2.55. The van der Waals surface area contributed by atoms with E-state index in [1.165, 1.54) is 18.4 Å². The van der Waals surface area contributed by atoms with Crippen molar-refractivity contribution in [1.82, 2.24) is 4.90 Å². The standard InChI is InChI=1S/C25H34N2O3/c1-2-29-25(28)9-6-20-30-24-12-10-22(11-13-24)26-23-15-18-27(19-16-23)17-14-21-7-4-3-5-8-21/h3-5,7-8,10-13,23,26H,2,6,9,14-20H2,1H3. The fraction of sp³-hybridized carbons (Fsp3) is 0.480. The molecule has 0 aromatic heterocycles. The number of benzene rings is 2. The van der Waals surface area contributed by atoms with Crippen LogP contribution in [0.3, 0.4) is 0 Å². The second kappa shape index (κ2) is 12.2. The van der Waals surface area contributed by atoms with Crippen LogP contribution in [0.25, 0.3) is 0 Å². The first-order chi connectivity index (χ1) is 14.7. The Balaban J connectivity index is 1.31. The van der Waals surface area contributed by atoms with Gasteiger partial charge in [-0.15, -0.1) is 0 Å². The number of nitrogens with one attached hydrogen (secondary N) is 1. The lowest BCUT2D eigenvalue weighted by molar-refractivity contribution is -0.143. The molecule has 1 fully saturated rings. The van der Waals surface area contributed by atoms with Gasteiger partial charge in [-0.2, -0.15) is 0 Å². The summed E-state index contributed by atoms with van der Waals surface area (Å²) in [7, 11) is 0. The monoisotopic (exact) mass is 410 g/mol. The Morgan fingerprint density at radius 1 is 1.07 bits per heavy atom. The van der Waals surface area contributed by atoms with Gasteiger partial charge in [-0.1, -0.05) is 30.3 Å². The van der Waals surface area contributed by atoms with Gasteiger partial charge in [0, 0.05) is 37.8 Å². The third kappa shape index (κ3) is 7.71. The summed E-state index contributed by atoms with van der Waals surface area (Å²) in [5, 5.41) is 3.66. The van der Waals surface area contributed by atoms with E-state index in [0.29, 0.717) is 32.1 Å². The minimum Gasteiger partial charge on any atom is -0.494 e. The van der Waals surface area contributed by atoms with Gasteiger partial charge in [0.15, 0.2) is 0 Å². The molecular weight excluding hydrogens is 376 g/mol. The Kier molecular flexibility index (Phi) is 9.04. The van der Waals surface area contributed by atoms with Crippen LogP contribution in [0.15, 0.2) is 54.6 Å². The summed E-state index contributed by atoms with van der Waals surface area (Å²) in [6.45, 7) is 6.20. The normalized spacial score (nSPS) is 15.0. The number of piperidine rings is 1. The summed E-state index contributed by atoms with van der Waals surface area (Å²) in [6, 6.07) is 19.4. The van der Waals surface area contributed by atoms with Crippen LogP contribution >= 0.6 is 0 Å². The summed E-state index contributed by atoms with van der Waals surface area (Å²) in [6.07, 6.45) is 4.53. The number of nitrogens with zero attached hydrogens (tertiary/aromatic N) is 1. The Morgan fingerprint density at radius 2 is 1.80 bits per heavy atom. The maximum absolute atomic E-state index is 11.3. The lowest BCUT2D eigenvalue weighted by atomic mass is 10.0. The molecular formula is C25H34N2O3. The molecule has 1 aliphatic heterocycles. The van der Waals surface area contributed by atoms with Crippen LogP contribution in [0.5, 0.6) is 5.75 Å². The van der Waals surface area contributed by atoms with Crippen LogP contribution in [0.2, 0.25) is 0 Å². The van der Waals surface area contributed by atoms with Crippen molar-refractivity contribution in [3.63, 3.8) is 0 Å². The Morgan fingerprint density at radius 3 is 2.50 bits per heavy atom. The van der Waals surface area contributed by atoms with E-state index in [-0.39, 0.29) is 5.97 Å². The zero-order valence-corrected chi connectivity index (χ0v) is 18.0. The first kappa shape index (κ1) is 22.2. The molecule has 1 N–H and O–H groups in total. The van der Waals surface area contributed by atoms with E-state index >= 15 is 0 Å². The number of ether oxygens (including phenoxy) is 2. The van der Waals surface area contributed by atoms with Crippen molar-refractivity contribution in [2.45, 2.75) is 45.1 Å². The highest BCUT2D eigenvalue weighted by molar-refractivity contribution is 5.69. The Hall–Kier alpha value is -2.53. The molecule has 3 rings (SSSR count). The van der Waals surface area contributed by atoms with Crippen LogP contribution in [0.4, 0.5) is 5.69 Å². The smallest absolute Gasteiger partial charge is 0.305 e. The molecule has 1 aliphatic rings. The number of carbonyl (C=O) groups excluding carboxylic acids is 1. The highest BCUT2D eigenvalue weighted by Gasteiger charge is 2.18. The molecule has 0 bridgehead atoms. The first-order valence-electron chi connectivity index (χ1n) is 11.1. The molecule has 0 aliphatic carbocycles. The maximum atomic E-state index is 11.3. The van der Waals surface area contributed by atoms with Gasteiger partial charge in [0.25, 0.3) is 0 Å². The fourth-order valence-corrected chi connectivity index (χ4v) is 3.76. The van der Waals surface area contributed by atoms with Crippen molar-refractivity contribution in [1.29, 1.82) is 0 Å². The molecule has 1 heterocycles. The number of esters is 1. The molecule has 5 heteroatoms. The van der Waals surface area contributed by atoms with Gasteiger partial charge in [-0.05, 0) is 62.4 Å². The minimum absolute atomic E-state index is 0.160. The van der Waals surface area contributed by atoms with Crippen LogP contribution in [-0.4, -0.2) is 49.8 Å². The predicted octanol–water partition coefficient (Wildman–Crippen LogP) is 4.53. The topological polar surface area (TPSA) is 50.8 Å². The zero-order chi connectivity index (χ0) is 21.0. The number of hydrogen-bond acceptors (Lipinski definition) is 5. The lowest BCUT2D eigenvalue weighted by Crippen LogP contribution is -2.40. The predicted molar refractivity (Wildman–Crippen MR) is 121 cm³/mol. The van der Waals surface area contributed by atoms with Crippen LogP contribution in [0.1, 0.15) is 38.2 Å². The van der Waals surface area contributed by atoms with Crippen LogP contribution in [-0.2, 0) is 16.0 Å². The van der Waals surface area contributed by atoms with E-state index in [1.807, 2.05) is 19.1 Å². The van der Waals surface area contributed by atoms with Gasteiger partial charge >= 0.3 is 5.97 Å². The van der Waals surface area contributed by atoms with Crippen molar-refractivity contribution in [2.75, 3.05) is 38.2 Å². The number of likely N-dealkylation sites (tertiary alicyclic amines) is 1. The van der Waals surface area contributed by atoms with Gasteiger partial charge in [-0.3, -0.25) is 4.79 Å². The number of anilines is 1. The van der Waals surface area contributed by atoms with Gasteiger partial charge in [0.1, 0.15) is 5.75 Å². The molecule has 0 radical (unpaired) electrons. The second-order valence-corrected chi connectivity index (χ2v) is 7.78. The quantitative estimate of drug-likeness (QED) is 0.436. The van der Waals surface area contributed by atoms with E-state index in [9.17, 15) is 4.79 Å². The molecule has 2 aromatic rings. The third-order valence-corrected chi connectivity index (χ3v) is 5.47. The van der Waals surface area contributed by atoms with E-state index in [2.05, 4.69) is 52.7 Å². The molecule has 2 aromatic carbocycles. The molecule has 30 heavy (non-hydrogen) atoms. The molecule has 162 valence electrons.